The smallest absolute Gasteiger partial charge is 0.265 e. The predicted octanol–water partition coefficient (Wildman–Crippen LogP) is 1.54. The Bertz CT molecular complexity index is 259. The first-order valence-electron chi connectivity index (χ1n) is 3.66. The zero-order chi connectivity index (χ0) is 9.14. The lowest BCUT2D eigenvalue weighted by molar-refractivity contribution is -0.909. The Morgan fingerprint density at radius 3 is 2.83 bits per heavy atom. The minimum absolute atomic E-state index is 0.620. The van der Waals surface area contributed by atoms with E-state index in [1.54, 1.807) is 7.11 Å². The molecule has 1 aromatic heterocycles. The second kappa shape index (κ2) is 3.76. The fourth-order valence-corrected chi connectivity index (χ4v) is 1.48. The van der Waals surface area contributed by atoms with Crippen LogP contribution >= 0.6 is 15.9 Å². The van der Waals surface area contributed by atoms with Crippen molar-refractivity contribution in [1.82, 2.24) is 0 Å². The summed E-state index contributed by atoms with van der Waals surface area (Å²) in [5.74, 6) is 0.620. The van der Waals surface area contributed by atoms with Crippen LogP contribution in [0.5, 0.6) is 5.75 Å². The minimum Gasteiger partial charge on any atom is -0.490 e. The molecule has 0 radical (unpaired) electrons. The Balaban J connectivity index is 3.16. The van der Waals surface area contributed by atoms with Crippen molar-refractivity contribution in [2.24, 2.45) is 0 Å². The number of hydrogen-bond acceptors (Lipinski definition) is 2. The third-order valence-corrected chi connectivity index (χ3v) is 2.26. The third kappa shape index (κ3) is 1.69. The summed E-state index contributed by atoms with van der Waals surface area (Å²) in [6, 6.07) is 1.83. The number of rotatable bonds is 2. The monoisotopic (exact) mass is 232 g/mol. The predicted molar refractivity (Wildman–Crippen MR) is 47.5 cm³/mol. The van der Waals surface area contributed by atoms with E-state index in [2.05, 4.69) is 15.9 Å². The van der Waals surface area contributed by atoms with Gasteiger partial charge in [0.1, 0.15) is 0 Å². The highest BCUT2D eigenvalue weighted by molar-refractivity contribution is 9.10. The maximum Gasteiger partial charge on any atom is 0.265 e. The van der Waals surface area contributed by atoms with Crippen molar-refractivity contribution >= 4 is 15.9 Å². The van der Waals surface area contributed by atoms with Crippen molar-refractivity contribution in [3.05, 3.63) is 22.4 Å². The summed E-state index contributed by atoms with van der Waals surface area (Å²) >= 11 is 3.33. The maximum absolute atomic E-state index is 9.36. The molecule has 1 heterocycles. The maximum atomic E-state index is 9.36. The van der Waals surface area contributed by atoms with E-state index in [1.807, 2.05) is 13.0 Å². The molecule has 0 amide bonds. The van der Waals surface area contributed by atoms with Crippen molar-refractivity contribution in [3.8, 4) is 5.75 Å². The van der Waals surface area contributed by atoms with Crippen molar-refractivity contribution in [2.75, 3.05) is 7.11 Å². The standard InChI is InChI=1S/C8H11BrNO2/c1-3-6-4-7(9)8(12-2)5-10(6)11/h4-5,11H,3H2,1-2H3/q+1. The summed E-state index contributed by atoms with van der Waals surface area (Å²) < 4.78 is 6.92. The molecule has 3 nitrogen and oxygen atoms in total. The summed E-state index contributed by atoms with van der Waals surface area (Å²) in [6.07, 6.45) is 2.31. The molecular weight excluding hydrogens is 222 g/mol. The van der Waals surface area contributed by atoms with Gasteiger partial charge in [0.25, 0.3) is 6.20 Å². The molecule has 0 aliphatic heterocycles. The van der Waals surface area contributed by atoms with Crippen molar-refractivity contribution < 1.29 is 14.7 Å². The van der Waals surface area contributed by atoms with E-state index in [0.29, 0.717) is 5.75 Å². The van der Waals surface area contributed by atoms with Crippen LogP contribution in [-0.4, -0.2) is 12.3 Å². The van der Waals surface area contributed by atoms with Crippen LogP contribution in [0.3, 0.4) is 0 Å². The van der Waals surface area contributed by atoms with Gasteiger partial charge in [-0.2, -0.15) is 0 Å². The van der Waals surface area contributed by atoms with Crippen LogP contribution in [0.2, 0.25) is 0 Å². The van der Waals surface area contributed by atoms with Gasteiger partial charge in [0, 0.05) is 17.2 Å². The largest absolute Gasteiger partial charge is 0.490 e. The van der Waals surface area contributed by atoms with E-state index in [4.69, 9.17) is 4.74 Å². The fourth-order valence-electron chi connectivity index (χ4n) is 0.953. The molecule has 1 N–H and O–H groups in total. The highest BCUT2D eigenvalue weighted by atomic mass is 79.9. The topological polar surface area (TPSA) is 33.3 Å². The number of hydrogen-bond donors (Lipinski definition) is 1. The van der Waals surface area contributed by atoms with Crippen LogP contribution in [0, 0.1) is 0 Å². The molecule has 66 valence electrons. The van der Waals surface area contributed by atoms with Gasteiger partial charge >= 0.3 is 0 Å². The Morgan fingerprint density at radius 1 is 1.67 bits per heavy atom. The number of ether oxygens (including phenoxy) is 1. The Labute approximate surface area is 79.7 Å². The van der Waals surface area contributed by atoms with Gasteiger partial charge in [0.05, 0.1) is 11.6 Å². The van der Waals surface area contributed by atoms with E-state index in [1.165, 1.54) is 6.20 Å². The molecule has 1 aromatic rings. The van der Waals surface area contributed by atoms with Crippen LogP contribution in [-0.2, 0) is 6.42 Å². The van der Waals surface area contributed by atoms with Crippen LogP contribution < -0.4 is 9.47 Å². The summed E-state index contributed by atoms with van der Waals surface area (Å²) in [5.41, 5.74) is 0.836. The SMILES string of the molecule is CCc1cc(Br)c(OC)c[n+]1O. The van der Waals surface area contributed by atoms with Gasteiger partial charge in [-0.1, -0.05) is 6.92 Å². The molecule has 4 heteroatoms. The summed E-state index contributed by atoms with van der Waals surface area (Å²) in [6.45, 7) is 1.97. The van der Waals surface area contributed by atoms with Gasteiger partial charge in [0.2, 0.25) is 11.4 Å². The number of aryl methyl sites for hydroxylation is 1. The van der Waals surface area contributed by atoms with Gasteiger partial charge in [-0.25, -0.2) is 0 Å². The third-order valence-electron chi connectivity index (χ3n) is 1.64. The average Bonchev–Trinajstić information content (AvgIpc) is 2.08. The van der Waals surface area contributed by atoms with E-state index in [-0.39, 0.29) is 0 Å². The molecule has 0 aliphatic rings. The number of aromatic nitrogens is 1. The summed E-state index contributed by atoms with van der Waals surface area (Å²) in [4.78, 5) is 0. The van der Waals surface area contributed by atoms with E-state index in [0.717, 1.165) is 21.3 Å². The van der Waals surface area contributed by atoms with Crippen LogP contribution in [0.1, 0.15) is 12.6 Å². The van der Waals surface area contributed by atoms with Gasteiger partial charge in [-0.05, 0) is 15.9 Å². The van der Waals surface area contributed by atoms with E-state index >= 15 is 0 Å². The molecule has 0 aliphatic carbocycles. The lowest BCUT2D eigenvalue weighted by Gasteiger charge is -2.00. The first-order chi connectivity index (χ1) is 5.69. The summed E-state index contributed by atoms with van der Waals surface area (Å²) in [5, 5.41) is 9.36. The molecule has 0 saturated carbocycles. The molecule has 1 rings (SSSR count). The molecule has 12 heavy (non-hydrogen) atoms. The fraction of sp³-hybridized carbons (Fsp3) is 0.375. The van der Waals surface area contributed by atoms with Crippen molar-refractivity contribution in [2.45, 2.75) is 13.3 Å². The zero-order valence-electron chi connectivity index (χ0n) is 7.04. The molecular formula is C8H11BrNO2+. The van der Waals surface area contributed by atoms with Crippen LogP contribution in [0.25, 0.3) is 0 Å². The van der Waals surface area contributed by atoms with Gasteiger partial charge in [-0.3, -0.25) is 5.21 Å². The number of methoxy groups -OCH3 is 1. The van der Waals surface area contributed by atoms with Gasteiger partial charge in [0.15, 0.2) is 0 Å². The second-order valence-corrected chi connectivity index (χ2v) is 3.23. The highest BCUT2D eigenvalue weighted by Crippen LogP contribution is 2.22. The summed E-state index contributed by atoms with van der Waals surface area (Å²) in [7, 11) is 1.56. The Morgan fingerprint density at radius 2 is 2.33 bits per heavy atom. The highest BCUT2D eigenvalue weighted by Gasteiger charge is 2.13. The van der Waals surface area contributed by atoms with Crippen molar-refractivity contribution in [1.29, 1.82) is 0 Å². The molecule has 0 spiro atoms. The van der Waals surface area contributed by atoms with Gasteiger partial charge < -0.3 is 4.74 Å². The normalized spacial score (nSPS) is 9.92. The molecule has 0 saturated heterocycles. The molecule has 0 fully saturated rings. The molecule has 0 bridgehead atoms. The van der Waals surface area contributed by atoms with E-state index in [9.17, 15) is 5.21 Å². The Hall–Kier alpha value is -0.770. The lowest BCUT2D eigenvalue weighted by Crippen LogP contribution is -2.34. The van der Waals surface area contributed by atoms with E-state index < -0.39 is 0 Å². The first kappa shape index (κ1) is 9.32. The number of halogens is 1. The number of pyridine rings is 1. The first-order valence-corrected chi connectivity index (χ1v) is 4.45. The quantitative estimate of drug-likeness (QED) is 0.621. The van der Waals surface area contributed by atoms with Crippen molar-refractivity contribution in [3.63, 3.8) is 0 Å². The number of nitrogens with zero attached hydrogens (tertiary/aromatic N) is 1. The molecule has 0 aromatic carbocycles. The Kier molecular flexibility index (Phi) is 2.92. The van der Waals surface area contributed by atoms with Crippen LogP contribution in [0.4, 0.5) is 0 Å². The molecule has 0 unspecified atom stereocenters. The second-order valence-electron chi connectivity index (χ2n) is 2.38. The lowest BCUT2D eigenvalue weighted by atomic mass is 10.3. The minimum atomic E-state index is 0.620. The van der Waals surface area contributed by atoms with Gasteiger partial charge in [-0.15, -0.1) is 0 Å². The zero-order valence-corrected chi connectivity index (χ0v) is 8.63. The average molecular weight is 233 g/mol. The molecule has 0 atom stereocenters. The van der Waals surface area contributed by atoms with Crippen LogP contribution in [0.15, 0.2) is 16.7 Å².